The molecule has 1 aliphatic carbocycles. The molecule has 1 aromatic heterocycles. The Balaban J connectivity index is 1.92. The zero-order valence-corrected chi connectivity index (χ0v) is 12.7. The van der Waals surface area contributed by atoms with Gasteiger partial charge in [0.15, 0.2) is 0 Å². The fourth-order valence-corrected chi connectivity index (χ4v) is 4.29. The minimum atomic E-state index is -0.525. The van der Waals surface area contributed by atoms with Crippen LogP contribution >= 0.6 is 11.3 Å². The van der Waals surface area contributed by atoms with Crippen LogP contribution in [0.4, 0.5) is 0 Å². The van der Waals surface area contributed by atoms with Crippen LogP contribution in [0.2, 0.25) is 0 Å². The molecule has 2 unspecified atom stereocenters. The largest absolute Gasteiger partial charge is 0.442 e. The molecule has 2 heterocycles. The predicted octanol–water partition coefficient (Wildman–Crippen LogP) is 4.34. The van der Waals surface area contributed by atoms with Crippen molar-refractivity contribution in [3.8, 4) is 6.07 Å². The second-order valence-electron chi connectivity index (χ2n) is 5.58. The van der Waals surface area contributed by atoms with Crippen LogP contribution < -0.4 is 0 Å². The Morgan fingerprint density at radius 1 is 1.18 bits per heavy atom. The van der Waals surface area contributed by atoms with Crippen molar-refractivity contribution in [1.29, 1.82) is 10.7 Å². The van der Waals surface area contributed by atoms with Crippen LogP contribution in [0.1, 0.15) is 28.3 Å². The van der Waals surface area contributed by atoms with Crippen LogP contribution in [0.25, 0.3) is 5.76 Å². The lowest BCUT2D eigenvalue weighted by molar-refractivity contribution is 0.412. The van der Waals surface area contributed by atoms with Crippen molar-refractivity contribution in [3.63, 3.8) is 0 Å². The molecular formula is C18H14N2OS. The summed E-state index contributed by atoms with van der Waals surface area (Å²) >= 11 is 1.65. The molecule has 2 aromatic rings. The van der Waals surface area contributed by atoms with Gasteiger partial charge in [0.1, 0.15) is 11.7 Å². The van der Waals surface area contributed by atoms with Gasteiger partial charge in [-0.15, -0.1) is 11.3 Å². The molecule has 0 fully saturated rings. The third-order valence-electron chi connectivity index (χ3n) is 4.41. The number of hydrogen-bond acceptors (Lipinski definition) is 4. The van der Waals surface area contributed by atoms with Gasteiger partial charge in [0.2, 0.25) is 5.90 Å². The van der Waals surface area contributed by atoms with Crippen LogP contribution in [-0.2, 0) is 11.2 Å². The Morgan fingerprint density at radius 3 is 2.82 bits per heavy atom. The molecule has 2 aliphatic rings. The first kappa shape index (κ1) is 13.3. The minimum absolute atomic E-state index is 0.0467. The van der Waals surface area contributed by atoms with Gasteiger partial charge in [-0.3, -0.25) is 5.41 Å². The molecule has 0 bridgehead atoms. The summed E-state index contributed by atoms with van der Waals surface area (Å²) in [5, 5.41) is 19.7. The van der Waals surface area contributed by atoms with Crippen molar-refractivity contribution in [2.45, 2.75) is 18.8 Å². The fraction of sp³-hybridized carbons (Fsp3) is 0.222. The minimum Gasteiger partial charge on any atom is -0.442 e. The molecular weight excluding hydrogens is 292 g/mol. The van der Waals surface area contributed by atoms with Gasteiger partial charge in [0, 0.05) is 16.4 Å². The number of nitriles is 1. The lowest BCUT2D eigenvalue weighted by Gasteiger charge is -2.35. The van der Waals surface area contributed by atoms with Crippen molar-refractivity contribution < 1.29 is 4.74 Å². The van der Waals surface area contributed by atoms with Crippen LogP contribution in [0.15, 0.2) is 47.4 Å². The van der Waals surface area contributed by atoms with E-state index < -0.39 is 5.92 Å². The average molecular weight is 306 g/mol. The lowest BCUT2D eigenvalue weighted by atomic mass is 9.76. The number of rotatable bonds is 1. The molecule has 1 aliphatic heterocycles. The molecule has 4 heteroatoms. The third kappa shape index (κ3) is 1.90. The molecule has 1 aromatic carbocycles. The Bertz CT molecular complexity index is 814. The number of thiophene rings is 1. The van der Waals surface area contributed by atoms with Crippen molar-refractivity contribution >= 4 is 23.0 Å². The highest BCUT2D eigenvalue weighted by molar-refractivity contribution is 7.10. The monoisotopic (exact) mass is 306 g/mol. The van der Waals surface area contributed by atoms with Gasteiger partial charge >= 0.3 is 0 Å². The van der Waals surface area contributed by atoms with Gasteiger partial charge in [0.05, 0.1) is 6.07 Å². The lowest BCUT2D eigenvalue weighted by Crippen LogP contribution is -2.31. The number of allylic oxidation sites excluding steroid dienone is 1. The third-order valence-corrected chi connectivity index (χ3v) is 5.36. The van der Waals surface area contributed by atoms with Crippen LogP contribution in [-0.4, -0.2) is 5.90 Å². The van der Waals surface area contributed by atoms with Gasteiger partial charge in [-0.2, -0.15) is 5.26 Å². The highest BCUT2D eigenvalue weighted by Gasteiger charge is 2.40. The molecule has 1 N–H and O–H groups in total. The maximum Gasteiger partial charge on any atom is 0.205 e. The van der Waals surface area contributed by atoms with Gasteiger partial charge < -0.3 is 4.74 Å². The summed E-state index contributed by atoms with van der Waals surface area (Å²) in [5.74, 6) is 0.297. The first-order valence-electron chi connectivity index (χ1n) is 7.30. The summed E-state index contributed by atoms with van der Waals surface area (Å²) in [7, 11) is 0. The molecule has 2 atom stereocenters. The van der Waals surface area contributed by atoms with Gasteiger partial charge in [-0.05, 0) is 35.4 Å². The topological polar surface area (TPSA) is 56.9 Å². The average Bonchev–Trinajstić information content (AvgIpc) is 3.07. The Hall–Kier alpha value is -2.38. The molecule has 0 saturated carbocycles. The fourth-order valence-electron chi connectivity index (χ4n) is 3.40. The summed E-state index contributed by atoms with van der Waals surface area (Å²) in [5.41, 5.74) is 3.50. The number of benzene rings is 1. The Labute approximate surface area is 133 Å². The summed E-state index contributed by atoms with van der Waals surface area (Å²) in [6.07, 6.45) is 1.85. The second kappa shape index (κ2) is 5.11. The van der Waals surface area contributed by atoms with E-state index in [-0.39, 0.29) is 11.8 Å². The van der Waals surface area contributed by atoms with E-state index in [2.05, 4.69) is 24.3 Å². The normalized spacial score (nSPS) is 23.3. The molecule has 22 heavy (non-hydrogen) atoms. The van der Waals surface area contributed by atoms with E-state index in [0.717, 1.165) is 29.0 Å². The maximum atomic E-state index is 9.53. The first-order valence-corrected chi connectivity index (χ1v) is 8.18. The first-order chi connectivity index (χ1) is 10.8. The molecule has 3 nitrogen and oxygen atoms in total. The van der Waals surface area contributed by atoms with Crippen molar-refractivity contribution in [1.82, 2.24) is 0 Å². The van der Waals surface area contributed by atoms with Crippen LogP contribution in [0.5, 0.6) is 0 Å². The molecule has 0 spiro atoms. The standard InChI is InChI=1S/C18H14N2OS/c19-10-14-16(15-6-3-9-22-15)13-8-7-11-4-1-2-5-12(11)17(13)21-18(14)20/h1-6,9,14,16,20H,7-8H2. The summed E-state index contributed by atoms with van der Waals surface area (Å²) in [6.45, 7) is 0. The van der Waals surface area contributed by atoms with Crippen LogP contribution in [0.3, 0.4) is 0 Å². The van der Waals surface area contributed by atoms with Crippen LogP contribution in [0, 0.1) is 22.7 Å². The van der Waals surface area contributed by atoms with E-state index in [4.69, 9.17) is 10.1 Å². The van der Waals surface area contributed by atoms with Gasteiger partial charge in [0.25, 0.3) is 0 Å². The Morgan fingerprint density at radius 2 is 2.05 bits per heavy atom. The summed E-state index contributed by atoms with van der Waals surface area (Å²) in [6, 6.07) is 14.5. The van der Waals surface area contributed by atoms with Gasteiger partial charge in [-0.1, -0.05) is 30.3 Å². The zero-order chi connectivity index (χ0) is 15.1. The highest BCUT2D eigenvalue weighted by atomic mass is 32.1. The van der Waals surface area contributed by atoms with E-state index in [0.29, 0.717) is 0 Å². The summed E-state index contributed by atoms with van der Waals surface area (Å²) < 4.78 is 5.79. The zero-order valence-electron chi connectivity index (χ0n) is 11.9. The molecule has 4 rings (SSSR count). The molecule has 0 radical (unpaired) electrons. The highest BCUT2D eigenvalue weighted by Crippen LogP contribution is 2.47. The predicted molar refractivity (Wildman–Crippen MR) is 86.7 cm³/mol. The number of aryl methyl sites for hydroxylation is 1. The van der Waals surface area contributed by atoms with Gasteiger partial charge in [-0.25, -0.2) is 0 Å². The van der Waals surface area contributed by atoms with E-state index in [1.165, 1.54) is 11.1 Å². The van der Waals surface area contributed by atoms with E-state index in [9.17, 15) is 5.26 Å². The van der Waals surface area contributed by atoms with Crippen molar-refractivity contribution in [2.75, 3.05) is 0 Å². The second-order valence-corrected chi connectivity index (χ2v) is 6.56. The van der Waals surface area contributed by atoms with E-state index in [1.54, 1.807) is 11.3 Å². The van der Waals surface area contributed by atoms with Crippen molar-refractivity contribution in [3.05, 3.63) is 63.4 Å². The molecule has 0 amide bonds. The Kier molecular flexibility index (Phi) is 3.09. The number of ether oxygens (including phenoxy) is 1. The number of nitrogens with one attached hydrogen (secondary N) is 1. The smallest absolute Gasteiger partial charge is 0.205 e. The molecule has 108 valence electrons. The number of fused-ring (bicyclic) bond motifs is 2. The van der Waals surface area contributed by atoms with E-state index in [1.807, 2.05) is 23.6 Å². The van der Waals surface area contributed by atoms with Crippen molar-refractivity contribution in [2.24, 2.45) is 5.92 Å². The number of nitrogens with zero attached hydrogens (tertiary/aromatic N) is 1. The maximum absolute atomic E-state index is 9.53. The quantitative estimate of drug-likeness (QED) is 0.852. The van der Waals surface area contributed by atoms with E-state index >= 15 is 0 Å². The SMILES string of the molecule is N#CC1C(=N)OC2=C(CCc3ccccc32)C1c1cccs1. The summed E-state index contributed by atoms with van der Waals surface area (Å²) in [4.78, 5) is 1.14. The number of hydrogen-bond donors (Lipinski definition) is 1. The molecule has 0 saturated heterocycles.